The summed E-state index contributed by atoms with van der Waals surface area (Å²) in [7, 11) is 0. The van der Waals surface area contributed by atoms with Gasteiger partial charge in [-0.15, -0.1) is 0 Å². The standard InChI is InChI=1S/C15H12Cl2N2O4/c16-11-2-1-3-12(17)14(11)15(21)18-8-13(20)9-4-6-10(7-5-9)19(22)23/h1-7,13,20H,8H2,(H,18,21). The lowest BCUT2D eigenvalue weighted by atomic mass is 10.1. The Kier molecular flexibility index (Phi) is 5.54. The molecule has 0 aliphatic heterocycles. The first-order chi connectivity index (χ1) is 10.9. The van der Waals surface area contributed by atoms with Crippen LogP contribution in [0.25, 0.3) is 0 Å². The molecule has 0 aromatic heterocycles. The minimum atomic E-state index is -1.01. The number of aliphatic hydroxyl groups is 1. The summed E-state index contributed by atoms with van der Waals surface area (Å²) in [6.07, 6.45) is -1.01. The van der Waals surface area contributed by atoms with Crippen molar-refractivity contribution in [2.24, 2.45) is 0 Å². The minimum absolute atomic E-state index is 0.0761. The van der Waals surface area contributed by atoms with Crippen LogP contribution in [0.15, 0.2) is 42.5 Å². The molecule has 0 radical (unpaired) electrons. The summed E-state index contributed by atoms with van der Waals surface area (Å²) in [6.45, 7) is -0.0851. The monoisotopic (exact) mass is 354 g/mol. The Bertz CT molecular complexity index is 715. The van der Waals surface area contributed by atoms with E-state index < -0.39 is 16.9 Å². The second-order valence-electron chi connectivity index (χ2n) is 4.67. The molecular weight excluding hydrogens is 343 g/mol. The molecule has 8 heteroatoms. The van der Waals surface area contributed by atoms with Gasteiger partial charge in [-0.25, -0.2) is 0 Å². The minimum Gasteiger partial charge on any atom is -0.387 e. The van der Waals surface area contributed by atoms with E-state index in [-0.39, 0.29) is 27.8 Å². The van der Waals surface area contributed by atoms with Gasteiger partial charge in [0.2, 0.25) is 0 Å². The van der Waals surface area contributed by atoms with E-state index in [1.165, 1.54) is 36.4 Å². The van der Waals surface area contributed by atoms with Gasteiger partial charge in [-0.1, -0.05) is 29.3 Å². The van der Waals surface area contributed by atoms with E-state index in [9.17, 15) is 20.0 Å². The molecule has 23 heavy (non-hydrogen) atoms. The van der Waals surface area contributed by atoms with Crippen molar-refractivity contribution < 1.29 is 14.8 Å². The molecular formula is C15H12Cl2N2O4. The van der Waals surface area contributed by atoms with Gasteiger partial charge in [0.1, 0.15) is 0 Å². The highest BCUT2D eigenvalue weighted by atomic mass is 35.5. The predicted molar refractivity (Wildman–Crippen MR) is 86.9 cm³/mol. The van der Waals surface area contributed by atoms with Crippen molar-refractivity contribution in [1.29, 1.82) is 0 Å². The summed E-state index contributed by atoms with van der Waals surface area (Å²) in [5.41, 5.74) is 0.501. The Morgan fingerprint density at radius 3 is 2.26 bits per heavy atom. The molecule has 0 saturated carbocycles. The second-order valence-corrected chi connectivity index (χ2v) is 5.49. The summed E-state index contributed by atoms with van der Waals surface area (Å²) in [4.78, 5) is 22.1. The Hall–Kier alpha value is -2.15. The zero-order valence-corrected chi connectivity index (χ0v) is 13.2. The van der Waals surface area contributed by atoms with Crippen LogP contribution < -0.4 is 5.32 Å². The number of rotatable bonds is 5. The topological polar surface area (TPSA) is 92.5 Å². The molecule has 0 bridgehead atoms. The van der Waals surface area contributed by atoms with E-state index in [1.807, 2.05) is 0 Å². The van der Waals surface area contributed by atoms with Gasteiger partial charge in [-0.05, 0) is 29.8 Å². The molecule has 120 valence electrons. The number of carbonyl (C=O) groups excluding carboxylic acids is 1. The first-order valence-corrected chi connectivity index (χ1v) is 7.30. The Labute approximate surface area is 141 Å². The lowest BCUT2D eigenvalue weighted by Gasteiger charge is -2.13. The van der Waals surface area contributed by atoms with Crippen LogP contribution in [0.5, 0.6) is 0 Å². The van der Waals surface area contributed by atoms with E-state index in [0.717, 1.165) is 0 Å². The molecule has 0 saturated heterocycles. The Morgan fingerprint density at radius 1 is 1.17 bits per heavy atom. The van der Waals surface area contributed by atoms with Crippen LogP contribution >= 0.6 is 23.2 Å². The Balaban J connectivity index is 2.02. The van der Waals surface area contributed by atoms with E-state index in [4.69, 9.17) is 23.2 Å². The number of nitro groups is 1. The molecule has 0 fully saturated rings. The van der Waals surface area contributed by atoms with Crippen molar-refractivity contribution in [3.8, 4) is 0 Å². The van der Waals surface area contributed by atoms with Crippen LogP contribution in [0, 0.1) is 10.1 Å². The predicted octanol–water partition coefficient (Wildman–Crippen LogP) is 3.37. The number of hydrogen-bond donors (Lipinski definition) is 2. The van der Waals surface area contributed by atoms with Crippen LogP contribution in [0.4, 0.5) is 5.69 Å². The summed E-state index contributed by atoms with van der Waals surface area (Å²) in [5.74, 6) is -0.512. The van der Waals surface area contributed by atoms with Crippen molar-refractivity contribution in [2.45, 2.75) is 6.10 Å². The molecule has 2 N–H and O–H groups in total. The van der Waals surface area contributed by atoms with Gasteiger partial charge in [0.15, 0.2) is 0 Å². The number of amides is 1. The van der Waals surface area contributed by atoms with Gasteiger partial charge in [-0.3, -0.25) is 14.9 Å². The fraction of sp³-hybridized carbons (Fsp3) is 0.133. The van der Waals surface area contributed by atoms with Crippen molar-refractivity contribution >= 4 is 34.8 Å². The maximum absolute atomic E-state index is 12.1. The van der Waals surface area contributed by atoms with Gasteiger partial charge in [-0.2, -0.15) is 0 Å². The van der Waals surface area contributed by atoms with Crippen molar-refractivity contribution in [3.05, 3.63) is 73.8 Å². The third-order valence-electron chi connectivity index (χ3n) is 3.13. The number of aliphatic hydroxyl groups excluding tert-OH is 1. The SMILES string of the molecule is O=C(NCC(O)c1ccc([N+](=O)[O-])cc1)c1c(Cl)cccc1Cl. The first kappa shape index (κ1) is 17.2. The van der Waals surface area contributed by atoms with E-state index in [0.29, 0.717) is 5.56 Å². The highest BCUT2D eigenvalue weighted by Gasteiger charge is 2.16. The largest absolute Gasteiger partial charge is 0.387 e. The first-order valence-electron chi connectivity index (χ1n) is 6.54. The molecule has 1 atom stereocenters. The number of nitro benzene ring substituents is 1. The molecule has 0 spiro atoms. The van der Waals surface area contributed by atoms with E-state index in [1.54, 1.807) is 6.07 Å². The van der Waals surface area contributed by atoms with E-state index in [2.05, 4.69) is 5.32 Å². The summed E-state index contributed by atoms with van der Waals surface area (Å²) >= 11 is 11.9. The normalized spacial score (nSPS) is 11.8. The smallest absolute Gasteiger partial charge is 0.269 e. The maximum Gasteiger partial charge on any atom is 0.269 e. The number of non-ortho nitro benzene ring substituents is 1. The Morgan fingerprint density at radius 2 is 1.74 bits per heavy atom. The third kappa shape index (κ3) is 4.19. The average molecular weight is 355 g/mol. The maximum atomic E-state index is 12.1. The van der Waals surface area contributed by atoms with Crippen molar-refractivity contribution in [1.82, 2.24) is 5.32 Å². The molecule has 0 heterocycles. The average Bonchev–Trinajstić information content (AvgIpc) is 2.52. The number of carbonyl (C=O) groups is 1. The fourth-order valence-electron chi connectivity index (χ4n) is 1.93. The fourth-order valence-corrected chi connectivity index (χ4v) is 2.50. The molecule has 1 unspecified atom stereocenters. The van der Waals surface area contributed by atoms with Crippen LogP contribution in [0.2, 0.25) is 10.0 Å². The highest BCUT2D eigenvalue weighted by Crippen LogP contribution is 2.24. The lowest BCUT2D eigenvalue weighted by Crippen LogP contribution is -2.28. The van der Waals surface area contributed by atoms with Gasteiger partial charge in [0.05, 0.1) is 26.6 Å². The molecule has 2 aromatic rings. The van der Waals surface area contributed by atoms with E-state index >= 15 is 0 Å². The van der Waals surface area contributed by atoms with Gasteiger partial charge in [0.25, 0.3) is 11.6 Å². The zero-order valence-electron chi connectivity index (χ0n) is 11.7. The quantitative estimate of drug-likeness (QED) is 0.635. The molecule has 6 nitrogen and oxygen atoms in total. The summed E-state index contributed by atoms with van der Waals surface area (Å²) in [5, 5.41) is 23.6. The second kappa shape index (κ2) is 7.41. The molecule has 0 aliphatic carbocycles. The summed E-state index contributed by atoms with van der Waals surface area (Å²) < 4.78 is 0. The highest BCUT2D eigenvalue weighted by molar-refractivity contribution is 6.39. The third-order valence-corrected chi connectivity index (χ3v) is 3.76. The van der Waals surface area contributed by atoms with Gasteiger partial charge < -0.3 is 10.4 Å². The molecule has 2 rings (SSSR count). The number of benzene rings is 2. The molecule has 2 aromatic carbocycles. The van der Waals surface area contributed by atoms with Crippen molar-refractivity contribution in [2.75, 3.05) is 6.54 Å². The van der Waals surface area contributed by atoms with Crippen molar-refractivity contribution in [3.63, 3.8) is 0 Å². The van der Waals surface area contributed by atoms with Gasteiger partial charge in [0, 0.05) is 18.7 Å². The lowest BCUT2D eigenvalue weighted by molar-refractivity contribution is -0.384. The van der Waals surface area contributed by atoms with Crippen LogP contribution in [0.1, 0.15) is 22.0 Å². The van der Waals surface area contributed by atoms with Crippen LogP contribution in [-0.4, -0.2) is 22.5 Å². The number of nitrogens with zero attached hydrogens (tertiary/aromatic N) is 1. The summed E-state index contributed by atoms with van der Waals surface area (Å²) in [6, 6.07) is 10.1. The van der Waals surface area contributed by atoms with Gasteiger partial charge >= 0.3 is 0 Å². The zero-order chi connectivity index (χ0) is 17.0. The molecule has 1 amide bonds. The molecule has 0 aliphatic rings. The number of halogens is 2. The van der Waals surface area contributed by atoms with Crippen LogP contribution in [0.3, 0.4) is 0 Å². The number of nitrogens with one attached hydrogen (secondary N) is 1. The van der Waals surface area contributed by atoms with Crippen LogP contribution in [-0.2, 0) is 0 Å². The number of hydrogen-bond acceptors (Lipinski definition) is 4.